The molecule has 4 atom stereocenters. The van der Waals surface area contributed by atoms with E-state index >= 15 is 0 Å². The molecule has 0 rings (SSSR count). The van der Waals surface area contributed by atoms with Crippen LogP contribution in [0.5, 0.6) is 0 Å². The average Bonchev–Trinajstić information content (AvgIpc) is 2.65. The topological polar surface area (TPSA) is 37.3 Å². The molecule has 31 heavy (non-hydrogen) atoms. The number of unbranched alkanes of at least 4 members (excludes halogenated alkanes) is 9. The minimum atomic E-state index is -0.627. The normalized spacial score (nSPS) is 16.7. The highest BCUT2D eigenvalue weighted by molar-refractivity contribution is 5.69. The predicted molar refractivity (Wildman–Crippen MR) is 138 cm³/mol. The second kappa shape index (κ2) is 15.3. The zero-order valence-electron chi connectivity index (χ0n) is 22.9. The van der Waals surface area contributed by atoms with Gasteiger partial charge in [-0.25, -0.2) is 0 Å². The molecular weight excluding hydrogens is 380 g/mol. The van der Waals surface area contributed by atoms with Gasteiger partial charge in [-0.15, -0.1) is 0 Å². The number of hydrogen-bond donors (Lipinski definition) is 1. The molecule has 0 bridgehead atoms. The van der Waals surface area contributed by atoms with Gasteiger partial charge in [0.05, 0.1) is 5.92 Å². The Balaban J connectivity index is 4.66. The van der Waals surface area contributed by atoms with Crippen LogP contribution in [0.4, 0.5) is 0 Å². The summed E-state index contributed by atoms with van der Waals surface area (Å²) in [6.45, 7) is 20.4. The summed E-state index contributed by atoms with van der Waals surface area (Å²) < 4.78 is 0. The molecule has 2 heteroatoms. The molecule has 0 aliphatic heterocycles. The zero-order chi connectivity index (χ0) is 24.1. The Bertz CT molecular complexity index is 454. The Morgan fingerprint density at radius 1 is 0.710 bits per heavy atom. The Labute approximate surface area is 196 Å². The van der Waals surface area contributed by atoms with Gasteiger partial charge in [0.1, 0.15) is 0 Å². The van der Waals surface area contributed by atoms with Gasteiger partial charge in [0, 0.05) is 0 Å². The fourth-order valence-electron chi connectivity index (χ4n) is 4.66. The van der Waals surface area contributed by atoms with Gasteiger partial charge in [-0.3, -0.25) is 4.79 Å². The molecule has 0 aliphatic carbocycles. The Hall–Kier alpha value is -0.530. The summed E-state index contributed by atoms with van der Waals surface area (Å²) in [6.07, 6.45) is 17.0. The standard InChI is InChI=1S/C29H58O2/c1-10-11-12-13-14-15-16-17-18-19-20-26(29(7,8)9)22-25(24(3)27(30)31)21-23(2)28(4,5)6/h23-26H,10-22H2,1-9H3,(H,30,31). The Kier molecular flexibility index (Phi) is 15.1. The van der Waals surface area contributed by atoms with E-state index in [-0.39, 0.29) is 22.7 Å². The van der Waals surface area contributed by atoms with E-state index in [9.17, 15) is 9.90 Å². The molecule has 0 aromatic rings. The van der Waals surface area contributed by atoms with E-state index in [1.165, 1.54) is 70.6 Å². The largest absolute Gasteiger partial charge is 0.481 e. The second-order valence-electron chi connectivity index (χ2n) is 12.7. The molecule has 1 N–H and O–H groups in total. The van der Waals surface area contributed by atoms with Gasteiger partial charge in [-0.1, -0.05) is 127 Å². The summed E-state index contributed by atoms with van der Waals surface area (Å²) in [6, 6.07) is 0. The van der Waals surface area contributed by atoms with Crippen LogP contribution >= 0.6 is 0 Å². The quantitative estimate of drug-likeness (QED) is 0.229. The van der Waals surface area contributed by atoms with Crippen LogP contribution in [0.2, 0.25) is 0 Å². The molecule has 0 heterocycles. The molecule has 0 amide bonds. The molecule has 0 radical (unpaired) electrons. The van der Waals surface area contributed by atoms with E-state index in [2.05, 4.69) is 55.4 Å². The highest BCUT2D eigenvalue weighted by atomic mass is 16.4. The summed E-state index contributed by atoms with van der Waals surface area (Å²) in [5, 5.41) is 9.75. The monoisotopic (exact) mass is 438 g/mol. The van der Waals surface area contributed by atoms with Crippen molar-refractivity contribution in [2.45, 2.75) is 146 Å². The lowest BCUT2D eigenvalue weighted by Gasteiger charge is -2.38. The number of aliphatic carboxylic acids is 1. The summed E-state index contributed by atoms with van der Waals surface area (Å²) in [4.78, 5) is 11.8. The lowest BCUT2D eigenvalue weighted by Crippen LogP contribution is -2.31. The molecule has 0 saturated carbocycles. The van der Waals surface area contributed by atoms with Crippen molar-refractivity contribution in [1.29, 1.82) is 0 Å². The summed E-state index contributed by atoms with van der Waals surface area (Å²) in [7, 11) is 0. The van der Waals surface area contributed by atoms with Crippen LogP contribution < -0.4 is 0 Å². The van der Waals surface area contributed by atoms with E-state index < -0.39 is 5.97 Å². The van der Waals surface area contributed by atoms with Gasteiger partial charge in [0.15, 0.2) is 0 Å². The molecule has 2 nitrogen and oxygen atoms in total. The van der Waals surface area contributed by atoms with Gasteiger partial charge in [0.25, 0.3) is 0 Å². The van der Waals surface area contributed by atoms with E-state index in [0.29, 0.717) is 11.8 Å². The van der Waals surface area contributed by atoms with Crippen LogP contribution in [0.15, 0.2) is 0 Å². The summed E-state index contributed by atoms with van der Waals surface area (Å²) in [5.74, 6) is 0.497. The van der Waals surface area contributed by atoms with Crippen LogP contribution in [0.25, 0.3) is 0 Å². The first-order valence-electron chi connectivity index (χ1n) is 13.5. The van der Waals surface area contributed by atoms with Crippen molar-refractivity contribution in [1.82, 2.24) is 0 Å². The van der Waals surface area contributed by atoms with Crippen molar-refractivity contribution < 1.29 is 9.90 Å². The number of carboxylic acids is 1. The van der Waals surface area contributed by atoms with Crippen molar-refractivity contribution >= 4 is 5.97 Å². The molecular formula is C29H58O2. The van der Waals surface area contributed by atoms with Crippen molar-refractivity contribution in [3.63, 3.8) is 0 Å². The minimum absolute atomic E-state index is 0.226. The first-order chi connectivity index (χ1) is 14.3. The van der Waals surface area contributed by atoms with E-state index in [0.717, 1.165) is 12.8 Å². The third-order valence-corrected chi connectivity index (χ3v) is 7.95. The maximum Gasteiger partial charge on any atom is 0.306 e. The van der Waals surface area contributed by atoms with Crippen molar-refractivity contribution in [3.05, 3.63) is 0 Å². The van der Waals surface area contributed by atoms with Gasteiger partial charge in [-0.05, 0) is 47.8 Å². The van der Waals surface area contributed by atoms with Crippen LogP contribution in [0.3, 0.4) is 0 Å². The number of rotatable bonds is 17. The third kappa shape index (κ3) is 14.3. The lowest BCUT2D eigenvalue weighted by molar-refractivity contribution is -0.143. The van der Waals surface area contributed by atoms with Crippen LogP contribution in [-0.2, 0) is 4.79 Å². The molecule has 4 unspecified atom stereocenters. The molecule has 0 fully saturated rings. The fourth-order valence-corrected chi connectivity index (χ4v) is 4.66. The lowest BCUT2D eigenvalue weighted by atomic mass is 9.67. The average molecular weight is 439 g/mol. The van der Waals surface area contributed by atoms with Crippen molar-refractivity contribution in [2.24, 2.45) is 34.5 Å². The van der Waals surface area contributed by atoms with Crippen LogP contribution in [0.1, 0.15) is 146 Å². The van der Waals surface area contributed by atoms with E-state index in [4.69, 9.17) is 0 Å². The molecule has 0 aromatic carbocycles. The first-order valence-corrected chi connectivity index (χ1v) is 13.5. The van der Waals surface area contributed by atoms with Gasteiger partial charge in [0.2, 0.25) is 0 Å². The molecule has 0 spiro atoms. The number of hydrogen-bond acceptors (Lipinski definition) is 1. The highest BCUT2D eigenvalue weighted by Crippen LogP contribution is 2.41. The smallest absolute Gasteiger partial charge is 0.306 e. The molecule has 0 aromatic heterocycles. The molecule has 186 valence electrons. The van der Waals surface area contributed by atoms with Gasteiger partial charge in [-0.2, -0.15) is 0 Å². The van der Waals surface area contributed by atoms with E-state index in [1.54, 1.807) is 0 Å². The van der Waals surface area contributed by atoms with Crippen LogP contribution in [0, 0.1) is 34.5 Å². The van der Waals surface area contributed by atoms with E-state index in [1.807, 2.05) is 6.92 Å². The Morgan fingerprint density at radius 2 is 1.16 bits per heavy atom. The molecule has 0 saturated heterocycles. The maximum absolute atomic E-state index is 11.8. The second-order valence-corrected chi connectivity index (χ2v) is 12.7. The first kappa shape index (κ1) is 30.5. The number of carbonyl (C=O) groups is 1. The minimum Gasteiger partial charge on any atom is -0.481 e. The third-order valence-electron chi connectivity index (χ3n) is 7.95. The van der Waals surface area contributed by atoms with Gasteiger partial charge < -0.3 is 5.11 Å². The van der Waals surface area contributed by atoms with Gasteiger partial charge >= 0.3 is 5.97 Å². The fraction of sp³-hybridized carbons (Fsp3) is 0.966. The van der Waals surface area contributed by atoms with Crippen molar-refractivity contribution in [3.8, 4) is 0 Å². The highest BCUT2D eigenvalue weighted by Gasteiger charge is 2.34. The summed E-state index contributed by atoms with van der Waals surface area (Å²) >= 11 is 0. The zero-order valence-corrected chi connectivity index (χ0v) is 22.9. The molecule has 0 aliphatic rings. The number of carboxylic acid groups (broad SMARTS) is 1. The predicted octanol–water partition coefficient (Wildman–Crippen LogP) is 9.76. The van der Waals surface area contributed by atoms with Crippen LogP contribution in [-0.4, -0.2) is 11.1 Å². The Morgan fingerprint density at radius 3 is 1.55 bits per heavy atom. The van der Waals surface area contributed by atoms with Crippen molar-refractivity contribution in [2.75, 3.05) is 0 Å². The SMILES string of the molecule is CCCCCCCCCCCCC(CC(CC(C)C(C)(C)C)C(C)C(=O)O)C(C)(C)C. The summed E-state index contributed by atoms with van der Waals surface area (Å²) in [5.41, 5.74) is 0.463. The maximum atomic E-state index is 11.8.